The van der Waals surface area contributed by atoms with Gasteiger partial charge in [0, 0.05) is 17.0 Å². The van der Waals surface area contributed by atoms with E-state index < -0.39 is 5.54 Å². The minimum Gasteiger partial charge on any atom is -0.492 e. The van der Waals surface area contributed by atoms with Gasteiger partial charge in [-0.15, -0.1) is 0 Å². The van der Waals surface area contributed by atoms with Crippen LogP contribution in [0.5, 0.6) is 17.4 Å². The van der Waals surface area contributed by atoms with Gasteiger partial charge in [-0.05, 0) is 37.5 Å². The van der Waals surface area contributed by atoms with E-state index in [1.54, 1.807) is 18.3 Å². The maximum Gasteiger partial charge on any atom is 0.244 e. The van der Waals surface area contributed by atoms with Crippen molar-refractivity contribution in [3.05, 3.63) is 42.1 Å². The number of nitrogens with zero attached hydrogens (tertiary/aromatic N) is 1. The van der Waals surface area contributed by atoms with Crippen molar-refractivity contribution >= 4 is 11.6 Å². The molecule has 6 nitrogen and oxygen atoms in total. The second-order valence-corrected chi connectivity index (χ2v) is 7.75. The molecule has 4 rings (SSSR count). The van der Waals surface area contributed by atoms with Gasteiger partial charge in [0.05, 0.1) is 24.0 Å². The van der Waals surface area contributed by atoms with Gasteiger partial charge in [0.25, 0.3) is 0 Å². The lowest BCUT2D eigenvalue weighted by Gasteiger charge is -2.36. The number of rotatable bonds is 4. The summed E-state index contributed by atoms with van der Waals surface area (Å²) in [6.45, 7) is 4.88. The van der Waals surface area contributed by atoms with Crippen molar-refractivity contribution in [2.45, 2.75) is 44.1 Å². The normalized spacial score (nSPS) is 19.0. The van der Waals surface area contributed by atoms with Crippen LogP contribution in [0.15, 0.2) is 36.5 Å². The van der Waals surface area contributed by atoms with Gasteiger partial charge in [0.1, 0.15) is 11.5 Å². The molecule has 1 aromatic carbocycles. The Kier molecular flexibility index (Phi) is 3.88. The van der Waals surface area contributed by atoms with Crippen molar-refractivity contribution in [2.24, 2.45) is 5.73 Å². The highest BCUT2D eigenvalue weighted by atomic mass is 16.5. The number of nitrogens with one attached hydrogen (secondary N) is 1. The first kappa shape index (κ1) is 16.8. The van der Waals surface area contributed by atoms with Gasteiger partial charge in [-0.1, -0.05) is 19.9 Å². The van der Waals surface area contributed by atoms with Crippen molar-refractivity contribution in [1.82, 2.24) is 4.98 Å². The van der Waals surface area contributed by atoms with Crippen molar-refractivity contribution in [3.8, 4) is 17.4 Å². The van der Waals surface area contributed by atoms with Crippen molar-refractivity contribution in [3.63, 3.8) is 0 Å². The van der Waals surface area contributed by atoms with Crippen molar-refractivity contribution < 1.29 is 14.3 Å². The topological polar surface area (TPSA) is 86.5 Å². The summed E-state index contributed by atoms with van der Waals surface area (Å²) in [7, 11) is 0. The van der Waals surface area contributed by atoms with E-state index in [9.17, 15) is 4.79 Å². The Labute approximate surface area is 152 Å². The predicted octanol–water partition coefficient (Wildman–Crippen LogP) is 3.36. The van der Waals surface area contributed by atoms with E-state index in [0.717, 1.165) is 36.3 Å². The smallest absolute Gasteiger partial charge is 0.244 e. The molecule has 2 aliphatic rings. The number of fused-ring (bicyclic) bond motifs is 1. The lowest BCUT2D eigenvalue weighted by Crippen LogP contribution is -2.56. The summed E-state index contributed by atoms with van der Waals surface area (Å²) in [5.74, 6) is 1.90. The number of aromatic nitrogens is 1. The molecule has 1 aliphatic heterocycles. The number of benzene rings is 1. The number of carbonyl (C=O) groups excluding carboxylic acids is 1. The molecule has 0 atom stereocenters. The highest BCUT2D eigenvalue weighted by molar-refractivity contribution is 5.98. The molecule has 26 heavy (non-hydrogen) atoms. The number of hydrogen-bond acceptors (Lipinski definition) is 5. The van der Waals surface area contributed by atoms with E-state index >= 15 is 0 Å². The maximum atomic E-state index is 12.2. The van der Waals surface area contributed by atoms with Crippen LogP contribution in [0, 0.1) is 0 Å². The summed E-state index contributed by atoms with van der Waals surface area (Å²) < 4.78 is 11.7. The Bertz CT molecular complexity index is 842. The van der Waals surface area contributed by atoms with E-state index in [1.807, 2.05) is 18.2 Å². The Morgan fingerprint density at radius 1 is 1.27 bits per heavy atom. The van der Waals surface area contributed by atoms with Crippen molar-refractivity contribution in [2.75, 3.05) is 11.9 Å². The number of nitrogens with two attached hydrogens (primary N) is 1. The fourth-order valence-corrected chi connectivity index (χ4v) is 3.38. The van der Waals surface area contributed by atoms with Crippen LogP contribution in [0.3, 0.4) is 0 Å². The Hall–Kier alpha value is -2.60. The number of hydrogen-bond donors (Lipinski definition) is 2. The molecule has 0 saturated heterocycles. The first-order chi connectivity index (χ1) is 12.4. The van der Waals surface area contributed by atoms with Crippen LogP contribution in [0.25, 0.3) is 0 Å². The van der Waals surface area contributed by atoms with E-state index in [-0.39, 0.29) is 11.3 Å². The van der Waals surface area contributed by atoms with E-state index in [1.165, 1.54) is 0 Å². The molecular weight excluding hydrogens is 330 g/mol. The summed E-state index contributed by atoms with van der Waals surface area (Å²) >= 11 is 0. The Morgan fingerprint density at radius 2 is 2.08 bits per heavy atom. The quantitative estimate of drug-likeness (QED) is 0.880. The number of carbonyl (C=O) groups is 1. The summed E-state index contributed by atoms with van der Waals surface area (Å²) in [6.07, 6.45) is 4.03. The zero-order chi connectivity index (χ0) is 18.4. The summed E-state index contributed by atoms with van der Waals surface area (Å²) in [6, 6.07) is 9.28. The van der Waals surface area contributed by atoms with Gasteiger partial charge in [0.15, 0.2) is 0 Å². The van der Waals surface area contributed by atoms with Crippen LogP contribution in [0.4, 0.5) is 5.69 Å². The number of amides is 1. The lowest BCUT2D eigenvalue weighted by atomic mass is 9.77. The largest absolute Gasteiger partial charge is 0.492 e. The van der Waals surface area contributed by atoms with Gasteiger partial charge in [-0.2, -0.15) is 0 Å². The van der Waals surface area contributed by atoms with Crippen molar-refractivity contribution in [1.29, 1.82) is 0 Å². The van der Waals surface area contributed by atoms with E-state index in [4.69, 9.17) is 15.2 Å². The maximum absolute atomic E-state index is 12.2. The zero-order valence-electron chi connectivity index (χ0n) is 15.0. The molecule has 2 heterocycles. The monoisotopic (exact) mass is 353 g/mol. The van der Waals surface area contributed by atoms with Crippen LogP contribution in [0.2, 0.25) is 0 Å². The first-order valence-electron chi connectivity index (χ1n) is 8.88. The van der Waals surface area contributed by atoms with E-state index in [2.05, 4.69) is 24.1 Å². The molecule has 1 saturated carbocycles. The average Bonchev–Trinajstić information content (AvgIpc) is 2.90. The summed E-state index contributed by atoms with van der Waals surface area (Å²) in [5, 5.41) is 2.83. The molecule has 1 aliphatic carbocycles. The van der Waals surface area contributed by atoms with Gasteiger partial charge < -0.3 is 20.5 Å². The SMILES string of the molecule is CC1(C)COc2cccc(Oc3ccc(NC(=O)C4(N)CCC4)cn3)c21. The van der Waals surface area contributed by atoms with Crippen LogP contribution < -0.4 is 20.5 Å². The first-order valence-corrected chi connectivity index (χ1v) is 8.88. The molecule has 1 amide bonds. The molecule has 3 N–H and O–H groups in total. The fraction of sp³-hybridized carbons (Fsp3) is 0.400. The summed E-state index contributed by atoms with van der Waals surface area (Å²) in [4.78, 5) is 16.5. The number of pyridine rings is 1. The molecule has 1 fully saturated rings. The minimum atomic E-state index is -0.731. The number of ether oxygens (including phenoxy) is 2. The Morgan fingerprint density at radius 3 is 2.73 bits per heavy atom. The van der Waals surface area contributed by atoms with Gasteiger partial charge in [0.2, 0.25) is 11.8 Å². The van der Waals surface area contributed by atoms with Gasteiger partial charge in [-0.3, -0.25) is 4.79 Å². The molecule has 0 radical (unpaired) electrons. The van der Waals surface area contributed by atoms with Crippen LogP contribution in [-0.2, 0) is 10.2 Å². The number of anilines is 1. The second-order valence-electron chi connectivity index (χ2n) is 7.75. The average molecular weight is 353 g/mol. The molecule has 6 heteroatoms. The molecule has 0 unspecified atom stereocenters. The van der Waals surface area contributed by atoms with Gasteiger partial charge in [-0.25, -0.2) is 4.98 Å². The molecule has 2 aromatic rings. The molecule has 0 spiro atoms. The fourth-order valence-electron chi connectivity index (χ4n) is 3.38. The molecule has 1 aromatic heterocycles. The molecule has 0 bridgehead atoms. The molecule has 136 valence electrons. The Balaban J connectivity index is 1.49. The zero-order valence-corrected chi connectivity index (χ0v) is 15.0. The standard InChI is InChI=1S/C20H23N3O3/c1-19(2)12-25-14-5-3-6-15(17(14)19)26-16-8-7-13(11-22-16)23-18(24)20(21)9-4-10-20/h3,5-8,11H,4,9-10,12,21H2,1-2H3,(H,23,24). The van der Waals surface area contributed by atoms with Crippen LogP contribution in [0.1, 0.15) is 38.7 Å². The lowest BCUT2D eigenvalue weighted by molar-refractivity contribution is -0.123. The summed E-state index contributed by atoms with van der Waals surface area (Å²) in [5.41, 5.74) is 6.85. The van der Waals surface area contributed by atoms with Crippen LogP contribution >= 0.6 is 0 Å². The third-order valence-corrected chi connectivity index (χ3v) is 5.16. The second kappa shape index (κ2) is 5.99. The highest BCUT2D eigenvalue weighted by Crippen LogP contribution is 2.45. The third kappa shape index (κ3) is 2.90. The van der Waals surface area contributed by atoms with Gasteiger partial charge >= 0.3 is 0 Å². The minimum absolute atomic E-state index is 0.113. The van der Waals surface area contributed by atoms with E-state index in [0.29, 0.717) is 18.2 Å². The predicted molar refractivity (Wildman–Crippen MR) is 98.7 cm³/mol. The van der Waals surface area contributed by atoms with Crippen LogP contribution in [-0.4, -0.2) is 23.0 Å². The highest BCUT2D eigenvalue weighted by Gasteiger charge is 2.40. The third-order valence-electron chi connectivity index (χ3n) is 5.16. The molecular formula is C20H23N3O3.